The van der Waals surface area contributed by atoms with Gasteiger partial charge in [-0.25, -0.2) is 0 Å². The number of nitrogens with two attached hydrogens (primary N) is 1. The Labute approximate surface area is 114 Å². The maximum absolute atomic E-state index is 5.80. The molecule has 0 radical (unpaired) electrons. The van der Waals surface area contributed by atoms with Crippen LogP contribution in [0, 0.1) is 0 Å². The number of rotatable bonds is 1. The Morgan fingerprint density at radius 2 is 1.83 bits per heavy atom. The van der Waals surface area contributed by atoms with Crippen molar-refractivity contribution in [1.29, 1.82) is 0 Å². The van der Waals surface area contributed by atoms with Gasteiger partial charge in [0.15, 0.2) is 0 Å². The molecule has 3 aromatic rings. The molecule has 0 aliphatic heterocycles. The van der Waals surface area contributed by atoms with Crippen molar-refractivity contribution in [3.8, 4) is 11.1 Å². The molecule has 3 rings (SSSR count). The lowest BCUT2D eigenvalue weighted by Gasteiger charge is -2.04. The maximum Gasteiger partial charge on any atom is 0.0703 e. The second-order valence-electron chi connectivity index (χ2n) is 4.19. The van der Waals surface area contributed by atoms with Crippen LogP contribution in [0.4, 0.5) is 5.69 Å². The van der Waals surface area contributed by atoms with Crippen molar-refractivity contribution in [1.82, 2.24) is 4.98 Å². The fourth-order valence-corrected chi connectivity index (χ4v) is 2.38. The third kappa shape index (κ3) is 2.09. The van der Waals surface area contributed by atoms with Crippen LogP contribution in [0.5, 0.6) is 0 Å². The van der Waals surface area contributed by atoms with Crippen LogP contribution in [-0.4, -0.2) is 4.98 Å². The largest absolute Gasteiger partial charge is 0.399 e. The molecule has 18 heavy (non-hydrogen) atoms. The molecule has 0 bridgehead atoms. The summed E-state index contributed by atoms with van der Waals surface area (Å²) in [7, 11) is 0. The molecule has 1 heterocycles. The number of benzene rings is 2. The molecule has 0 amide bonds. The van der Waals surface area contributed by atoms with Gasteiger partial charge in [-0.3, -0.25) is 4.98 Å². The molecule has 0 spiro atoms. The van der Waals surface area contributed by atoms with E-state index in [4.69, 9.17) is 5.73 Å². The van der Waals surface area contributed by atoms with Gasteiger partial charge in [-0.05, 0) is 42.0 Å². The van der Waals surface area contributed by atoms with Crippen LogP contribution in [0.25, 0.3) is 22.0 Å². The van der Waals surface area contributed by atoms with E-state index in [1.54, 1.807) is 0 Å². The summed E-state index contributed by atoms with van der Waals surface area (Å²) in [6.07, 6.45) is 1.89. The van der Waals surface area contributed by atoms with E-state index in [0.29, 0.717) is 0 Å². The van der Waals surface area contributed by atoms with E-state index >= 15 is 0 Å². The first-order chi connectivity index (χ1) is 8.72. The normalized spacial score (nSPS) is 10.7. The zero-order chi connectivity index (χ0) is 12.5. The molecule has 1 aromatic heterocycles. The Hall–Kier alpha value is -1.87. The highest BCUT2D eigenvalue weighted by Crippen LogP contribution is 2.25. The zero-order valence-electron chi connectivity index (χ0n) is 9.60. The van der Waals surface area contributed by atoms with Crippen molar-refractivity contribution in [2.45, 2.75) is 0 Å². The van der Waals surface area contributed by atoms with E-state index in [1.807, 2.05) is 36.5 Å². The third-order valence-corrected chi connectivity index (χ3v) is 3.36. The van der Waals surface area contributed by atoms with Gasteiger partial charge in [0.05, 0.1) is 5.52 Å². The summed E-state index contributed by atoms with van der Waals surface area (Å²) in [6.45, 7) is 0. The number of hydrogen-bond acceptors (Lipinski definition) is 2. The molecule has 3 heteroatoms. The molecule has 0 saturated carbocycles. The molecule has 0 aliphatic rings. The predicted molar refractivity (Wildman–Crippen MR) is 79.3 cm³/mol. The first-order valence-corrected chi connectivity index (χ1v) is 6.43. The van der Waals surface area contributed by atoms with Crippen molar-refractivity contribution in [3.05, 3.63) is 59.2 Å². The van der Waals surface area contributed by atoms with Gasteiger partial charge < -0.3 is 5.73 Å². The van der Waals surface area contributed by atoms with Crippen molar-refractivity contribution in [2.24, 2.45) is 0 Å². The average molecular weight is 299 g/mol. The van der Waals surface area contributed by atoms with E-state index in [1.165, 1.54) is 0 Å². The van der Waals surface area contributed by atoms with Crippen molar-refractivity contribution < 1.29 is 0 Å². The summed E-state index contributed by atoms with van der Waals surface area (Å²) in [5.74, 6) is 0. The molecular formula is C15H11BrN2. The Bertz CT molecular complexity index is 723. The van der Waals surface area contributed by atoms with Gasteiger partial charge in [0, 0.05) is 27.3 Å². The standard InChI is InChI=1S/C15H11BrN2/c16-13-3-1-2-10(7-13)12-6-11-8-14(17)4-5-15(11)18-9-12/h1-9H,17H2. The number of aromatic nitrogens is 1. The summed E-state index contributed by atoms with van der Waals surface area (Å²) in [5, 5.41) is 1.06. The van der Waals surface area contributed by atoms with Crippen LogP contribution in [0.3, 0.4) is 0 Å². The number of anilines is 1. The quantitative estimate of drug-likeness (QED) is 0.682. The maximum atomic E-state index is 5.80. The molecule has 0 atom stereocenters. The van der Waals surface area contributed by atoms with Crippen LogP contribution >= 0.6 is 15.9 Å². The molecule has 2 N–H and O–H groups in total. The minimum absolute atomic E-state index is 0.760. The third-order valence-electron chi connectivity index (χ3n) is 2.86. The molecule has 0 saturated heterocycles. The summed E-state index contributed by atoms with van der Waals surface area (Å²) in [4.78, 5) is 4.46. The minimum atomic E-state index is 0.760. The Morgan fingerprint density at radius 3 is 2.67 bits per heavy atom. The Morgan fingerprint density at radius 1 is 0.944 bits per heavy atom. The van der Waals surface area contributed by atoms with Crippen LogP contribution in [0.1, 0.15) is 0 Å². The highest BCUT2D eigenvalue weighted by molar-refractivity contribution is 9.10. The highest BCUT2D eigenvalue weighted by Gasteiger charge is 2.01. The summed E-state index contributed by atoms with van der Waals surface area (Å²) < 4.78 is 1.06. The number of pyridine rings is 1. The van der Waals surface area contributed by atoms with Gasteiger partial charge in [0.25, 0.3) is 0 Å². The van der Waals surface area contributed by atoms with Crippen LogP contribution in [0.2, 0.25) is 0 Å². The number of nitrogen functional groups attached to an aromatic ring is 1. The topological polar surface area (TPSA) is 38.9 Å². The lowest BCUT2D eigenvalue weighted by atomic mass is 10.1. The fraction of sp³-hybridized carbons (Fsp3) is 0. The van der Waals surface area contributed by atoms with Gasteiger partial charge in [-0.15, -0.1) is 0 Å². The van der Waals surface area contributed by atoms with Gasteiger partial charge in [-0.1, -0.05) is 28.1 Å². The number of hydrogen-bond donors (Lipinski definition) is 1. The lowest BCUT2D eigenvalue weighted by Crippen LogP contribution is -1.87. The predicted octanol–water partition coefficient (Wildman–Crippen LogP) is 4.25. The molecule has 0 aliphatic carbocycles. The molecule has 2 nitrogen and oxygen atoms in total. The molecule has 0 unspecified atom stereocenters. The number of fused-ring (bicyclic) bond motifs is 1. The molecule has 2 aromatic carbocycles. The lowest BCUT2D eigenvalue weighted by molar-refractivity contribution is 1.41. The van der Waals surface area contributed by atoms with Crippen LogP contribution in [0.15, 0.2) is 59.2 Å². The monoisotopic (exact) mass is 298 g/mol. The average Bonchev–Trinajstić information content (AvgIpc) is 2.38. The summed E-state index contributed by atoms with van der Waals surface area (Å²) >= 11 is 3.48. The first kappa shape index (κ1) is 11.2. The van der Waals surface area contributed by atoms with Crippen LogP contribution in [-0.2, 0) is 0 Å². The Kier molecular flexibility index (Phi) is 2.76. The Balaban J connectivity index is 2.18. The van der Waals surface area contributed by atoms with E-state index in [2.05, 4.69) is 39.1 Å². The summed E-state index contributed by atoms with van der Waals surface area (Å²) in [6, 6.07) is 16.0. The van der Waals surface area contributed by atoms with Crippen LogP contribution < -0.4 is 5.73 Å². The SMILES string of the molecule is Nc1ccc2ncc(-c3cccc(Br)c3)cc2c1. The fourth-order valence-electron chi connectivity index (χ4n) is 1.98. The van der Waals surface area contributed by atoms with Crippen molar-refractivity contribution in [2.75, 3.05) is 5.73 Å². The minimum Gasteiger partial charge on any atom is -0.399 e. The summed E-state index contributed by atoms with van der Waals surface area (Å²) in [5.41, 5.74) is 9.75. The van der Waals surface area contributed by atoms with E-state index in [0.717, 1.165) is 32.2 Å². The van der Waals surface area contributed by atoms with E-state index in [9.17, 15) is 0 Å². The highest BCUT2D eigenvalue weighted by atomic mass is 79.9. The first-order valence-electron chi connectivity index (χ1n) is 5.63. The molecule has 88 valence electrons. The van der Waals surface area contributed by atoms with Gasteiger partial charge in [0.1, 0.15) is 0 Å². The van der Waals surface area contributed by atoms with Gasteiger partial charge in [0.2, 0.25) is 0 Å². The van der Waals surface area contributed by atoms with Gasteiger partial charge in [-0.2, -0.15) is 0 Å². The smallest absolute Gasteiger partial charge is 0.0703 e. The number of nitrogens with zero attached hydrogens (tertiary/aromatic N) is 1. The van der Waals surface area contributed by atoms with Gasteiger partial charge >= 0.3 is 0 Å². The number of halogens is 1. The molecule has 0 fully saturated rings. The molecular weight excluding hydrogens is 288 g/mol. The zero-order valence-corrected chi connectivity index (χ0v) is 11.2. The van der Waals surface area contributed by atoms with E-state index < -0.39 is 0 Å². The van der Waals surface area contributed by atoms with Crippen molar-refractivity contribution >= 4 is 32.5 Å². The second kappa shape index (κ2) is 4.42. The van der Waals surface area contributed by atoms with Crippen molar-refractivity contribution in [3.63, 3.8) is 0 Å². The van der Waals surface area contributed by atoms with E-state index in [-0.39, 0.29) is 0 Å². The second-order valence-corrected chi connectivity index (χ2v) is 5.10.